The lowest BCUT2D eigenvalue weighted by atomic mass is 10.1. The summed E-state index contributed by atoms with van der Waals surface area (Å²) in [6, 6.07) is 7.36. The molecule has 0 saturated carbocycles. The number of hydrogen-bond acceptors (Lipinski definition) is 3. The highest BCUT2D eigenvalue weighted by Gasteiger charge is 2.15. The van der Waals surface area contributed by atoms with Crippen molar-refractivity contribution < 1.29 is 9.18 Å². The van der Waals surface area contributed by atoms with E-state index in [1.807, 2.05) is 6.92 Å². The van der Waals surface area contributed by atoms with Gasteiger partial charge in [0.25, 0.3) is 5.91 Å². The number of nitrogen functional groups attached to an aromatic ring is 1. The molecule has 2 rings (SSSR count). The van der Waals surface area contributed by atoms with Crippen LogP contribution in [0.25, 0.3) is 0 Å². The van der Waals surface area contributed by atoms with E-state index in [1.54, 1.807) is 24.5 Å². The number of carbonyl (C=O) groups is 1. The third-order valence-electron chi connectivity index (χ3n) is 2.79. The quantitative estimate of drug-likeness (QED) is 0.831. The summed E-state index contributed by atoms with van der Waals surface area (Å²) in [5.74, 6) is -1.10. The molecule has 4 nitrogen and oxygen atoms in total. The fourth-order valence-electron chi connectivity index (χ4n) is 1.73. The number of carbonyl (C=O) groups excluding carboxylic acids is 1. The van der Waals surface area contributed by atoms with Gasteiger partial charge in [0.15, 0.2) is 0 Å². The molecule has 1 atom stereocenters. The van der Waals surface area contributed by atoms with E-state index in [9.17, 15) is 9.18 Å². The zero-order valence-electron chi connectivity index (χ0n) is 10.4. The standard InChI is InChI=1S/C14H14FN3O/c1-9(10-4-6-17-7-5-10)18-14(19)12-3-2-11(16)8-13(12)15/h2-9H,16H2,1H3,(H,18,19)/t9-/m1/s1. The van der Waals surface area contributed by atoms with E-state index in [0.29, 0.717) is 0 Å². The van der Waals surface area contributed by atoms with Crippen LogP contribution in [0.2, 0.25) is 0 Å². The second-order valence-electron chi connectivity index (χ2n) is 4.21. The maximum Gasteiger partial charge on any atom is 0.254 e. The Kier molecular flexibility index (Phi) is 3.75. The highest BCUT2D eigenvalue weighted by atomic mass is 19.1. The van der Waals surface area contributed by atoms with Gasteiger partial charge in [-0.25, -0.2) is 4.39 Å². The number of nitrogens with zero attached hydrogens (tertiary/aromatic N) is 1. The van der Waals surface area contributed by atoms with Gasteiger partial charge in [-0.2, -0.15) is 0 Å². The van der Waals surface area contributed by atoms with E-state index >= 15 is 0 Å². The Morgan fingerprint density at radius 2 is 2.00 bits per heavy atom. The van der Waals surface area contributed by atoms with Crippen LogP contribution in [0.4, 0.5) is 10.1 Å². The van der Waals surface area contributed by atoms with Crippen molar-refractivity contribution in [3.8, 4) is 0 Å². The minimum Gasteiger partial charge on any atom is -0.399 e. The molecule has 1 aromatic heterocycles. The molecule has 0 aliphatic carbocycles. The molecule has 0 unspecified atom stereocenters. The Balaban J connectivity index is 2.13. The van der Waals surface area contributed by atoms with Crippen molar-refractivity contribution in [3.05, 3.63) is 59.7 Å². The van der Waals surface area contributed by atoms with Crippen molar-refractivity contribution in [1.29, 1.82) is 0 Å². The third kappa shape index (κ3) is 3.07. The van der Waals surface area contributed by atoms with Crippen LogP contribution in [0.1, 0.15) is 28.9 Å². The average molecular weight is 259 g/mol. The van der Waals surface area contributed by atoms with E-state index in [4.69, 9.17) is 5.73 Å². The summed E-state index contributed by atoms with van der Waals surface area (Å²) < 4.78 is 13.6. The van der Waals surface area contributed by atoms with Crippen LogP contribution in [-0.4, -0.2) is 10.9 Å². The van der Waals surface area contributed by atoms with Gasteiger partial charge in [-0.3, -0.25) is 9.78 Å². The molecule has 1 aromatic carbocycles. The van der Waals surface area contributed by atoms with Gasteiger partial charge in [0.1, 0.15) is 5.82 Å². The molecule has 3 N–H and O–H groups in total. The molecule has 0 spiro atoms. The van der Waals surface area contributed by atoms with Gasteiger partial charge in [-0.1, -0.05) is 0 Å². The normalized spacial score (nSPS) is 11.9. The molecule has 19 heavy (non-hydrogen) atoms. The van der Waals surface area contributed by atoms with Crippen molar-refractivity contribution in [3.63, 3.8) is 0 Å². The average Bonchev–Trinajstić information content (AvgIpc) is 2.39. The van der Waals surface area contributed by atoms with Gasteiger partial charge in [0, 0.05) is 18.1 Å². The molecule has 1 amide bonds. The molecule has 0 radical (unpaired) electrons. The minimum absolute atomic E-state index is 0.0184. The molecule has 0 saturated heterocycles. The van der Waals surface area contributed by atoms with Crippen molar-refractivity contribution in [2.24, 2.45) is 0 Å². The number of nitrogens with one attached hydrogen (secondary N) is 1. The zero-order valence-corrected chi connectivity index (χ0v) is 10.4. The lowest BCUT2D eigenvalue weighted by Crippen LogP contribution is -2.27. The largest absolute Gasteiger partial charge is 0.399 e. The lowest BCUT2D eigenvalue weighted by molar-refractivity contribution is 0.0936. The zero-order chi connectivity index (χ0) is 13.8. The first-order valence-electron chi connectivity index (χ1n) is 5.83. The Hall–Kier alpha value is -2.43. The summed E-state index contributed by atoms with van der Waals surface area (Å²) in [5, 5.41) is 2.73. The van der Waals surface area contributed by atoms with Gasteiger partial charge in [-0.05, 0) is 42.8 Å². The fourth-order valence-corrected chi connectivity index (χ4v) is 1.73. The highest BCUT2D eigenvalue weighted by Crippen LogP contribution is 2.15. The van der Waals surface area contributed by atoms with E-state index in [0.717, 1.165) is 11.6 Å². The smallest absolute Gasteiger partial charge is 0.254 e. The Bertz CT molecular complexity index is 586. The molecule has 0 aliphatic heterocycles. The predicted molar refractivity (Wildman–Crippen MR) is 70.9 cm³/mol. The van der Waals surface area contributed by atoms with Crippen LogP contribution in [0, 0.1) is 5.82 Å². The van der Waals surface area contributed by atoms with Crippen LogP contribution in [0.15, 0.2) is 42.7 Å². The molecule has 0 bridgehead atoms. The number of benzene rings is 1. The summed E-state index contributed by atoms with van der Waals surface area (Å²) in [5.41, 5.74) is 6.61. The van der Waals surface area contributed by atoms with Crippen LogP contribution in [0.3, 0.4) is 0 Å². The first-order valence-corrected chi connectivity index (χ1v) is 5.83. The van der Waals surface area contributed by atoms with E-state index in [-0.39, 0.29) is 17.3 Å². The van der Waals surface area contributed by atoms with Crippen LogP contribution in [-0.2, 0) is 0 Å². The van der Waals surface area contributed by atoms with Gasteiger partial charge in [0.05, 0.1) is 11.6 Å². The second kappa shape index (κ2) is 5.48. The van der Waals surface area contributed by atoms with Crippen LogP contribution < -0.4 is 11.1 Å². The maximum absolute atomic E-state index is 13.6. The fraction of sp³-hybridized carbons (Fsp3) is 0.143. The number of aromatic nitrogens is 1. The van der Waals surface area contributed by atoms with Crippen molar-refractivity contribution in [1.82, 2.24) is 10.3 Å². The molecule has 5 heteroatoms. The molecule has 98 valence electrons. The lowest BCUT2D eigenvalue weighted by Gasteiger charge is -2.14. The van der Waals surface area contributed by atoms with Crippen molar-refractivity contribution in [2.75, 3.05) is 5.73 Å². The Morgan fingerprint density at radius 3 is 2.63 bits per heavy atom. The van der Waals surface area contributed by atoms with Crippen molar-refractivity contribution in [2.45, 2.75) is 13.0 Å². The van der Waals surface area contributed by atoms with E-state index < -0.39 is 11.7 Å². The number of anilines is 1. The number of rotatable bonds is 3. The monoisotopic (exact) mass is 259 g/mol. The third-order valence-corrected chi connectivity index (χ3v) is 2.79. The summed E-state index contributed by atoms with van der Waals surface area (Å²) >= 11 is 0. The Morgan fingerprint density at radius 1 is 1.32 bits per heavy atom. The number of nitrogens with two attached hydrogens (primary N) is 1. The van der Waals surface area contributed by atoms with Crippen molar-refractivity contribution >= 4 is 11.6 Å². The number of hydrogen-bond donors (Lipinski definition) is 2. The van der Waals surface area contributed by atoms with Crippen LogP contribution >= 0.6 is 0 Å². The molecule has 0 aliphatic rings. The number of amides is 1. The topological polar surface area (TPSA) is 68.0 Å². The summed E-state index contributed by atoms with van der Waals surface area (Å²) in [6.45, 7) is 1.82. The SMILES string of the molecule is C[C@@H](NC(=O)c1ccc(N)cc1F)c1ccncc1. The second-order valence-corrected chi connectivity index (χ2v) is 4.21. The maximum atomic E-state index is 13.6. The first kappa shape index (κ1) is 13.0. The van der Waals surface area contributed by atoms with Gasteiger partial charge < -0.3 is 11.1 Å². The van der Waals surface area contributed by atoms with Crippen LogP contribution in [0.5, 0.6) is 0 Å². The molecule has 2 aromatic rings. The molecule has 1 heterocycles. The van der Waals surface area contributed by atoms with Gasteiger partial charge in [-0.15, -0.1) is 0 Å². The first-order chi connectivity index (χ1) is 9.08. The van der Waals surface area contributed by atoms with Gasteiger partial charge in [0.2, 0.25) is 0 Å². The Labute approximate surface area is 110 Å². The highest BCUT2D eigenvalue weighted by molar-refractivity contribution is 5.95. The summed E-state index contributed by atoms with van der Waals surface area (Å²) in [4.78, 5) is 15.9. The number of pyridine rings is 1. The van der Waals surface area contributed by atoms with E-state index in [2.05, 4.69) is 10.3 Å². The number of halogens is 1. The summed E-state index contributed by atoms with van der Waals surface area (Å²) in [6.07, 6.45) is 3.28. The molecular weight excluding hydrogens is 245 g/mol. The predicted octanol–water partition coefficient (Wildman–Crippen LogP) is 2.29. The molecule has 0 fully saturated rings. The molecular formula is C14H14FN3O. The summed E-state index contributed by atoms with van der Waals surface area (Å²) in [7, 11) is 0. The van der Waals surface area contributed by atoms with Gasteiger partial charge >= 0.3 is 0 Å². The minimum atomic E-state index is -0.626. The van der Waals surface area contributed by atoms with E-state index in [1.165, 1.54) is 12.1 Å².